The highest BCUT2D eigenvalue weighted by atomic mass is 32.2. The summed E-state index contributed by atoms with van der Waals surface area (Å²) >= 11 is 1.48. The van der Waals surface area contributed by atoms with Gasteiger partial charge in [-0.05, 0) is 157 Å². The second-order valence-electron chi connectivity index (χ2n) is 35.6. The number of carbonyl (C=O) groups is 6. The Hall–Kier alpha value is -9.67. The molecule has 7 amide bonds. The van der Waals surface area contributed by atoms with Gasteiger partial charge in [-0.1, -0.05) is 282 Å². The van der Waals surface area contributed by atoms with Gasteiger partial charge in [0.15, 0.2) is 46.6 Å². The molecule has 6 aromatic carbocycles. The number of unbranched alkanes of at least 4 members (excludes halogenated alkanes) is 31. The van der Waals surface area contributed by atoms with E-state index < -0.39 is 79.0 Å². The summed E-state index contributed by atoms with van der Waals surface area (Å²) in [5.74, 6) is 0.544. The molecule has 2 fully saturated rings. The van der Waals surface area contributed by atoms with E-state index in [-0.39, 0.29) is 57.4 Å². The van der Waals surface area contributed by atoms with Gasteiger partial charge in [0.05, 0.1) is 50.2 Å². The minimum Gasteiger partial charge on any atom is -0.497 e. The van der Waals surface area contributed by atoms with Crippen molar-refractivity contribution in [2.75, 3.05) is 56.9 Å². The predicted octanol–water partition coefficient (Wildman–Crippen LogP) is 24.3. The first-order valence-corrected chi connectivity index (χ1v) is 51.9. The molecule has 4 aliphatic rings. The quantitative estimate of drug-likeness (QED) is 0.0182. The highest BCUT2D eigenvalue weighted by Gasteiger charge is 2.57. The number of urea groups is 1. The average molecular weight is 1850 g/mol. The number of rotatable bonds is 59. The van der Waals surface area contributed by atoms with E-state index in [1.165, 1.54) is 186 Å². The Kier molecular flexibility index (Phi) is 42.5. The summed E-state index contributed by atoms with van der Waals surface area (Å²) in [6, 6.07) is 33.4. The molecule has 25 nitrogen and oxygen atoms in total. The van der Waals surface area contributed by atoms with Gasteiger partial charge in [-0.15, -0.1) is 11.8 Å². The lowest BCUT2D eigenvalue weighted by Crippen LogP contribution is -2.59. The zero-order valence-electron chi connectivity index (χ0n) is 79.1. The van der Waals surface area contributed by atoms with E-state index in [2.05, 4.69) is 43.6 Å². The van der Waals surface area contributed by atoms with Gasteiger partial charge in [0.2, 0.25) is 0 Å². The Morgan fingerprint density at radius 1 is 0.469 bits per heavy atom. The number of fused-ring (bicyclic) bond motifs is 2. The van der Waals surface area contributed by atoms with Gasteiger partial charge in [-0.25, -0.2) is 46.2 Å². The molecule has 0 saturated carbocycles. The number of hydrogen-bond donors (Lipinski definition) is 3. The lowest BCUT2D eigenvalue weighted by Gasteiger charge is -2.36. The van der Waals surface area contributed by atoms with Crippen LogP contribution in [0.25, 0.3) is 0 Å². The number of benzene rings is 6. The second kappa shape index (κ2) is 53.1. The van der Waals surface area contributed by atoms with E-state index >= 15 is 0 Å². The molecule has 130 heavy (non-hydrogen) atoms. The Bertz CT molecular complexity index is 4930. The molecule has 0 aromatic heterocycles. The average Bonchev–Trinajstić information content (AvgIpc) is 1.40. The summed E-state index contributed by atoms with van der Waals surface area (Å²) in [4.78, 5) is 97.0. The van der Waals surface area contributed by atoms with Crippen LogP contribution in [0, 0.1) is 12.8 Å². The number of carbonyl (C=O) groups excluding carboxylic acids is 6. The number of nitrogens with one attached hydrogen (secondary N) is 3. The molecule has 0 aliphatic carbocycles. The number of anilines is 2. The Morgan fingerprint density at radius 3 is 1.36 bits per heavy atom. The van der Waals surface area contributed by atoms with Crippen LogP contribution < -0.4 is 39.6 Å². The summed E-state index contributed by atoms with van der Waals surface area (Å²) in [7, 11) is -5.41. The second-order valence-corrected chi connectivity index (χ2v) is 40.4. The minimum absolute atomic E-state index is 0.00520. The Balaban J connectivity index is 0.000000293. The van der Waals surface area contributed by atoms with E-state index in [4.69, 9.17) is 38.4 Å². The molecule has 712 valence electrons. The number of cyclic esters (lactones) is 1. The number of aryl methyl sites for hydroxylation is 1. The number of sulfonamides is 2. The predicted molar refractivity (Wildman–Crippen MR) is 519 cm³/mol. The van der Waals surface area contributed by atoms with Crippen molar-refractivity contribution >= 4 is 102 Å². The maximum atomic E-state index is 15.0. The highest BCUT2D eigenvalue weighted by molar-refractivity contribution is 7.99. The van der Waals surface area contributed by atoms with Crippen LogP contribution in [0.4, 0.5) is 32.3 Å². The van der Waals surface area contributed by atoms with Crippen molar-refractivity contribution in [1.82, 2.24) is 23.7 Å². The topological polar surface area (TPSA) is 300 Å². The number of amidine groups is 2. The van der Waals surface area contributed by atoms with Crippen LogP contribution in [0.1, 0.15) is 299 Å². The Labute approximate surface area is 779 Å². The summed E-state index contributed by atoms with van der Waals surface area (Å²) < 4.78 is 95.2. The van der Waals surface area contributed by atoms with Crippen molar-refractivity contribution in [2.24, 2.45) is 15.9 Å². The lowest BCUT2D eigenvalue weighted by atomic mass is 10.0. The molecular formula is C102H145N9O16S3. The number of ether oxygens (including phenoxy) is 6. The number of imide groups is 2. The van der Waals surface area contributed by atoms with Crippen molar-refractivity contribution in [3.05, 3.63) is 139 Å². The molecule has 2 saturated heterocycles. The Morgan fingerprint density at radius 2 is 0.908 bits per heavy atom. The first-order valence-electron chi connectivity index (χ1n) is 48.1. The van der Waals surface area contributed by atoms with Crippen molar-refractivity contribution in [1.29, 1.82) is 0 Å². The number of aliphatic imine (C=N–C) groups is 2. The molecule has 3 unspecified atom stereocenters. The third-order valence-electron chi connectivity index (χ3n) is 24.2. The van der Waals surface area contributed by atoms with E-state index in [0.29, 0.717) is 76.9 Å². The number of amides is 7. The van der Waals surface area contributed by atoms with Gasteiger partial charge in [0.1, 0.15) is 32.6 Å². The van der Waals surface area contributed by atoms with Crippen LogP contribution in [-0.4, -0.2) is 152 Å². The molecule has 10 rings (SSSR count). The van der Waals surface area contributed by atoms with E-state index in [0.717, 1.165) is 108 Å². The normalized spacial score (nSPS) is 15.8. The van der Waals surface area contributed by atoms with Gasteiger partial charge < -0.3 is 44.4 Å². The number of nitrogens with zero attached hydrogens (tertiary/aromatic N) is 6. The molecule has 4 heterocycles. The summed E-state index contributed by atoms with van der Waals surface area (Å²) in [6.45, 7) is 17.6. The van der Waals surface area contributed by atoms with E-state index in [1.54, 1.807) is 87.7 Å². The maximum Gasteiger partial charge on any atom is 0.418 e. The number of hydrogen-bond acceptors (Lipinski definition) is 19. The van der Waals surface area contributed by atoms with E-state index in [9.17, 15) is 45.6 Å². The zero-order valence-corrected chi connectivity index (χ0v) is 81.5. The van der Waals surface area contributed by atoms with Crippen molar-refractivity contribution < 1.29 is 74.0 Å². The molecular weight excluding hydrogens is 1700 g/mol. The minimum atomic E-state index is -4.28. The number of thioether (sulfide) groups is 1. The van der Waals surface area contributed by atoms with Crippen LogP contribution in [0.2, 0.25) is 0 Å². The van der Waals surface area contributed by atoms with Crippen LogP contribution >= 0.6 is 11.8 Å². The fourth-order valence-corrected chi connectivity index (χ4v) is 20.7. The zero-order chi connectivity index (χ0) is 93.5. The van der Waals surface area contributed by atoms with Gasteiger partial charge in [0, 0.05) is 29.8 Å². The standard InChI is InChI=1S/C53H76N4O8S.C49H69N5O8S2/c1-7-10-12-13-14-15-16-17-18-19-20-21-22-23-24-29-37-56-49(54-42-31-25-28-34-47(42)66(56,61)62)48(57-51(59)53(5,6)65-52(57)60)50(58)55-43-38-40(4)35-36-44(43)64-46-33-27-26-32-45(46)63-39-41(9-3)30-11-8-2;1-6-7-8-9-10-11-12-13-14-15-16-17-18-19-20-23-33-53-45(50-40-25-21-22-26-43(40)64(53,58)59)44(54-47(56)49(2,3)52-48(54)57)46(55)51-41-36-39(61-5)31-32-42(41)63-35-24-34-62-38-29-27-37(60-4)28-30-38/h25-28,31-36,38,41,48H,7-24,29-30,37,39H2,1-6H3,(H,55,58);21-22,25-32,36,44H,6-20,23-24,33-35H2,1-5H3,(H,51,55)(H,52,57). The summed E-state index contributed by atoms with van der Waals surface area (Å²) in [5, 5.41) is 8.51. The summed E-state index contributed by atoms with van der Waals surface area (Å²) in [6.07, 6.45) is 41.3. The fraction of sp³-hybridized carbons (Fsp3) is 0.569. The first kappa shape index (κ1) is 104. The van der Waals surface area contributed by atoms with Crippen LogP contribution in [0.5, 0.6) is 34.5 Å². The van der Waals surface area contributed by atoms with E-state index in [1.807, 2.05) is 61.5 Å². The molecule has 0 spiro atoms. The monoisotopic (exact) mass is 1850 g/mol. The fourth-order valence-electron chi connectivity index (χ4n) is 16.5. The SMILES string of the molecule is CCCCCCCCCCCCCCCCCCN1C(C(C(=O)Nc2cc(C)ccc2Oc2ccccc2OCC(CC)CCCC)N2C(=O)OC(C)(C)C2=O)=Nc2ccccc2S1(=O)=O.CCCCCCCCCCCCCCCCCCN1C(C(C(=O)Nc2cc(OC)ccc2SCCCOc2ccc(OC)cc2)N2C(=O)NC(C)(C)C2=O)=Nc2ccccc2S1(=O)=O. The van der Waals surface area contributed by atoms with Gasteiger partial charge in [0.25, 0.3) is 43.7 Å². The summed E-state index contributed by atoms with van der Waals surface area (Å²) in [5.41, 5.74) is -1.36. The molecule has 0 bridgehead atoms. The molecule has 0 radical (unpaired) electrons. The molecule has 28 heteroatoms. The third kappa shape index (κ3) is 30.2. The molecule has 6 aromatic rings. The maximum absolute atomic E-state index is 15.0. The highest BCUT2D eigenvalue weighted by Crippen LogP contribution is 2.42. The van der Waals surface area contributed by atoms with Crippen LogP contribution in [-0.2, 0) is 44.0 Å². The van der Waals surface area contributed by atoms with Gasteiger partial charge in [-0.2, -0.15) is 0 Å². The molecule has 4 aliphatic heterocycles. The van der Waals surface area contributed by atoms with Crippen molar-refractivity contribution in [2.45, 2.75) is 338 Å². The van der Waals surface area contributed by atoms with Crippen LogP contribution in [0.3, 0.4) is 0 Å². The van der Waals surface area contributed by atoms with Crippen molar-refractivity contribution in [3.8, 4) is 34.5 Å². The lowest BCUT2D eigenvalue weighted by molar-refractivity contribution is -0.137. The first-order chi connectivity index (χ1) is 62.7. The smallest absolute Gasteiger partial charge is 0.418 e. The molecule has 3 atom stereocenters. The van der Waals surface area contributed by atoms with Gasteiger partial charge >= 0.3 is 12.1 Å². The number of methoxy groups -OCH3 is 2. The van der Waals surface area contributed by atoms with Gasteiger partial charge in [-0.3, -0.25) is 27.8 Å². The molecule has 3 N–H and O–H groups in total. The third-order valence-corrected chi connectivity index (χ3v) is 29.1. The van der Waals surface area contributed by atoms with Crippen molar-refractivity contribution in [3.63, 3.8) is 0 Å². The number of para-hydroxylation sites is 4. The van der Waals surface area contributed by atoms with Crippen LogP contribution in [0.15, 0.2) is 158 Å². The largest absolute Gasteiger partial charge is 0.497 e.